The average molecular weight is 371 g/mol. The van der Waals surface area contributed by atoms with Crippen molar-refractivity contribution >= 4 is 11.9 Å². The summed E-state index contributed by atoms with van der Waals surface area (Å²) < 4.78 is 39.3. The van der Waals surface area contributed by atoms with Gasteiger partial charge in [0.05, 0.1) is 14.2 Å². The second kappa shape index (κ2) is 8.33. The van der Waals surface area contributed by atoms with Crippen LogP contribution in [0, 0.1) is 5.92 Å². The van der Waals surface area contributed by atoms with Crippen molar-refractivity contribution in [2.24, 2.45) is 5.92 Å². The molecule has 0 unspecified atom stereocenters. The fourth-order valence-corrected chi connectivity index (χ4v) is 3.13. The van der Waals surface area contributed by atoms with E-state index >= 15 is 0 Å². The third-order valence-electron chi connectivity index (χ3n) is 4.70. The number of halogens is 2. The van der Waals surface area contributed by atoms with Crippen molar-refractivity contribution < 1.29 is 32.6 Å². The Hall–Kier alpha value is -2.38. The molecule has 0 aliphatic heterocycles. The number of nitrogens with one attached hydrogen (secondary N) is 1. The lowest BCUT2D eigenvalue weighted by Gasteiger charge is -2.37. The summed E-state index contributed by atoms with van der Waals surface area (Å²) in [4.78, 5) is 24.9. The van der Waals surface area contributed by atoms with Crippen molar-refractivity contribution in [2.45, 2.75) is 44.8 Å². The first-order valence-corrected chi connectivity index (χ1v) is 8.35. The summed E-state index contributed by atoms with van der Waals surface area (Å²) in [6, 6.07) is 3.94. The zero-order valence-corrected chi connectivity index (χ0v) is 15.0. The SMILES string of the molecule is COC(=O)C1(NC(=O)c2ccc(OC)c(OC(F)F)c2)CCC(C)CC1. The summed E-state index contributed by atoms with van der Waals surface area (Å²) >= 11 is 0. The molecule has 0 spiro atoms. The van der Waals surface area contributed by atoms with Gasteiger partial charge in [-0.3, -0.25) is 4.79 Å². The van der Waals surface area contributed by atoms with Crippen LogP contribution in [0.5, 0.6) is 11.5 Å². The first-order valence-electron chi connectivity index (χ1n) is 8.35. The van der Waals surface area contributed by atoms with Crippen molar-refractivity contribution in [3.8, 4) is 11.5 Å². The third kappa shape index (κ3) is 4.42. The van der Waals surface area contributed by atoms with Gasteiger partial charge in [-0.25, -0.2) is 4.79 Å². The fourth-order valence-electron chi connectivity index (χ4n) is 3.13. The van der Waals surface area contributed by atoms with Crippen molar-refractivity contribution in [3.63, 3.8) is 0 Å². The molecule has 2 rings (SSSR count). The molecular formula is C18H23F2NO5. The highest BCUT2D eigenvalue weighted by Gasteiger charge is 2.43. The smallest absolute Gasteiger partial charge is 0.387 e. The summed E-state index contributed by atoms with van der Waals surface area (Å²) in [7, 11) is 2.58. The minimum atomic E-state index is -3.05. The predicted molar refractivity (Wildman–Crippen MR) is 89.5 cm³/mol. The number of alkyl halides is 2. The van der Waals surface area contributed by atoms with Crippen LogP contribution in [-0.2, 0) is 9.53 Å². The highest BCUT2D eigenvalue weighted by molar-refractivity contribution is 5.98. The molecule has 1 aromatic rings. The monoisotopic (exact) mass is 371 g/mol. The summed E-state index contributed by atoms with van der Waals surface area (Å²) in [5, 5.41) is 2.74. The molecule has 1 fully saturated rings. The lowest BCUT2D eigenvalue weighted by atomic mass is 9.77. The van der Waals surface area contributed by atoms with E-state index in [1.54, 1.807) is 0 Å². The van der Waals surface area contributed by atoms with Gasteiger partial charge in [-0.2, -0.15) is 8.78 Å². The van der Waals surface area contributed by atoms with E-state index in [2.05, 4.69) is 17.0 Å². The Labute approximate surface area is 150 Å². The molecule has 0 radical (unpaired) electrons. The third-order valence-corrected chi connectivity index (χ3v) is 4.70. The van der Waals surface area contributed by atoms with Gasteiger partial charge in [-0.1, -0.05) is 6.92 Å². The quantitative estimate of drug-likeness (QED) is 0.778. The average Bonchev–Trinajstić information content (AvgIpc) is 2.62. The first kappa shape index (κ1) is 19.9. The highest BCUT2D eigenvalue weighted by Crippen LogP contribution is 2.34. The minimum Gasteiger partial charge on any atom is -0.493 e. The number of amides is 1. The van der Waals surface area contributed by atoms with Gasteiger partial charge in [0, 0.05) is 5.56 Å². The Balaban J connectivity index is 2.25. The molecule has 1 aliphatic carbocycles. The van der Waals surface area contributed by atoms with Crippen LogP contribution in [0.2, 0.25) is 0 Å². The van der Waals surface area contributed by atoms with Crippen LogP contribution in [0.15, 0.2) is 18.2 Å². The van der Waals surface area contributed by atoms with E-state index in [9.17, 15) is 18.4 Å². The molecule has 0 saturated heterocycles. The largest absolute Gasteiger partial charge is 0.493 e. The lowest BCUT2D eigenvalue weighted by molar-refractivity contribution is -0.150. The maximum Gasteiger partial charge on any atom is 0.387 e. The number of hydrogen-bond acceptors (Lipinski definition) is 5. The summed E-state index contributed by atoms with van der Waals surface area (Å²) in [6.07, 6.45) is 2.47. The Bertz CT molecular complexity index is 657. The number of methoxy groups -OCH3 is 2. The predicted octanol–water partition coefficient (Wildman–Crippen LogP) is 3.15. The molecule has 1 aliphatic rings. The molecule has 1 saturated carbocycles. The molecule has 144 valence electrons. The Morgan fingerprint density at radius 2 is 1.85 bits per heavy atom. The van der Waals surface area contributed by atoms with E-state index < -0.39 is 24.0 Å². The van der Waals surface area contributed by atoms with Crippen LogP contribution >= 0.6 is 0 Å². The van der Waals surface area contributed by atoms with E-state index in [1.807, 2.05) is 0 Å². The Morgan fingerprint density at radius 3 is 2.38 bits per heavy atom. The standard InChI is InChI=1S/C18H23F2NO5/c1-11-6-8-18(9-7-11,16(23)25-3)21-15(22)12-4-5-13(24-2)14(10-12)26-17(19)20/h4-5,10-11,17H,6-9H2,1-3H3,(H,21,22). The molecule has 0 heterocycles. The van der Waals surface area contributed by atoms with E-state index in [-0.39, 0.29) is 17.1 Å². The normalized spacial score (nSPS) is 22.6. The number of benzene rings is 1. The van der Waals surface area contributed by atoms with Crippen LogP contribution in [-0.4, -0.2) is 38.2 Å². The molecule has 26 heavy (non-hydrogen) atoms. The maximum absolute atomic E-state index is 12.7. The molecule has 1 N–H and O–H groups in total. The number of ether oxygens (including phenoxy) is 3. The zero-order chi connectivity index (χ0) is 19.3. The summed E-state index contributed by atoms with van der Waals surface area (Å²) in [6.45, 7) is -0.969. The van der Waals surface area contributed by atoms with Crippen LogP contribution in [0.1, 0.15) is 43.0 Å². The van der Waals surface area contributed by atoms with Crippen LogP contribution < -0.4 is 14.8 Å². The van der Waals surface area contributed by atoms with Gasteiger partial charge in [0.15, 0.2) is 11.5 Å². The number of carbonyl (C=O) groups excluding carboxylic acids is 2. The molecule has 0 atom stereocenters. The molecule has 6 nitrogen and oxygen atoms in total. The van der Waals surface area contributed by atoms with Gasteiger partial charge in [0.2, 0.25) is 0 Å². The topological polar surface area (TPSA) is 73.9 Å². The number of rotatable bonds is 6. The van der Waals surface area contributed by atoms with Gasteiger partial charge in [0.1, 0.15) is 5.54 Å². The zero-order valence-electron chi connectivity index (χ0n) is 15.0. The summed E-state index contributed by atoms with van der Waals surface area (Å²) in [5.74, 6) is -0.783. The second-order valence-corrected chi connectivity index (χ2v) is 6.45. The van der Waals surface area contributed by atoms with Crippen molar-refractivity contribution in [2.75, 3.05) is 14.2 Å². The van der Waals surface area contributed by atoms with Crippen LogP contribution in [0.4, 0.5) is 8.78 Å². The minimum absolute atomic E-state index is 0.0797. The lowest BCUT2D eigenvalue weighted by Crippen LogP contribution is -2.56. The first-order chi connectivity index (χ1) is 12.3. The Morgan fingerprint density at radius 1 is 1.19 bits per heavy atom. The number of carbonyl (C=O) groups is 2. The Kier molecular flexibility index (Phi) is 6.39. The fraction of sp³-hybridized carbons (Fsp3) is 0.556. The number of hydrogen-bond donors (Lipinski definition) is 1. The van der Waals surface area contributed by atoms with Crippen LogP contribution in [0.3, 0.4) is 0 Å². The van der Waals surface area contributed by atoms with E-state index in [4.69, 9.17) is 9.47 Å². The van der Waals surface area contributed by atoms with E-state index in [1.165, 1.54) is 26.4 Å². The van der Waals surface area contributed by atoms with E-state index in [0.717, 1.165) is 18.9 Å². The van der Waals surface area contributed by atoms with Crippen molar-refractivity contribution in [1.29, 1.82) is 0 Å². The van der Waals surface area contributed by atoms with E-state index in [0.29, 0.717) is 18.8 Å². The van der Waals surface area contributed by atoms with Gasteiger partial charge in [-0.05, 0) is 49.8 Å². The molecule has 0 bridgehead atoms. The molecule has 1 amide bonds. The molecule has 8 heteroatoms. The summed E-state index contributed by atoms with van der Waals surface area (Å²) in [5.41, 5.74) is -1.02. The van der Waals surface area contributed by atoms with Crippen molar-refractivity contribution in [1.82, 2.24) is 5.32 Å². The maximum atomic E-state index is 12.7. The molecule has 0 aromatic heterocycles. The highest BCUT2D eigenvalue weighted by atomic mass is 19.3. The van der Waals surface area contributed by atoms with Crippen molar-refractivity contribution in [3.05, 3.63) is 23.8 Å². The second-order valence-electron chi connectivity index (χ2n) is 6.45. The van der Waals surface area contributed by atoms with Gasteiger partial charge in [0.25, 0.3) is 5.91 Å². The van der Waals surface area contributed by atoms with Gasteiger partial charge in [-0.15, -0.1) is 0 Å². The molecular weight excluding hydrogens is 348 g/mol. The van der Waals surface area contributed by atoms with Crippen LogP contribution in [0.25, 0.3) is 0 Å². The van der Waals surface area contributed by atoms with Gasteiger partial charge >= 0.3 is 12.6 Å². The number of esters is 1. The molecule has 1 aromatic carbocycles. The van der Waals surface area contributed by atoms with Gasteiger partial charge < -0.3 is 19.5 Å².